The van der Waals surface area contributed by atoms with Gasteiger partial charge in [0.25, 0.3) is 0 Å². The third-order valence-electron chi connectivity index (χ3n) is 9.16. The molecule has 0 saturated carbocycles. The van der Waals surface area contributed by atoms with Crippen LogP contribution in [0.4, 0.5) is 0 Å². The molecule has 5 nitrogen and oxygen atoms in total. The number of aromatic amines is 1. The van der Waals surface area contributed by atoms with Crippen molar-refractivity contribution in [3.8, 4) is 11.3 Å². The highest BCUT2D eigenvalue weighted by molar-refractivity contribution is 7.19. The molecule has 1 aromatic carbocycles. The highest BCUT2D eigenvalue weighted by atomic mass is 32.1. The lowest BCUT2D eigenvalue weighted by molar-refractivity contribution is -0.137. The molecule has 2 N–H and O–H groups in total. The first-order valence-corrected chi connectivity index (χ1v) is 15.7. The summed E-state index contributed by atoms with van der Waals surface area (Å²) < 4.78 is 0. The van der Waals surface area contributed by atoms with Crippen LogP contribution in [0.25, 0.3) is 21.5 Å². The molecule has 2 aliphatic heterocycles. The standard InChI is InChI=1S/C34H42N4OS/c1-21-16-22(2)18-25(17-21)31-30(23(3)20-36-15-12-24-10-13-35-14-11-24)28-19-29(40-32(28)37-31)34(4,5)33(39)38-26-6-7-27(38)9-8-26/h10-11,13-14,16-19,23,26-27,36-37H,6-9,12,15,20H2,1-5H3. The van der Waals surface area contributed by atoms with Crippen molar-refractivity contribution in [2.24, 2.45) is 0 Å². The lowest BCUT2D eigenvalue weighted by atomic mass is 9.88. The minimum Gasteiger partial charge on any atom is -0.346 e. The summed E-state index contributed by atoms with van der Waals surface area (Å²) in [6.45, 7) is 12.7. The van der Waals surface area contributed by atoms with E-state index < -0.39 is 5.41 Å². The molecule has 0 aliphatic carbocycles. The summed E-state index contributed by atoms with van der Waals surface area (Å²) in [5.74, 6) is 0.612. The summed E-state index contributed by atoms with van der Waals surface area (Å²) in [5.41, 5.74) is 7.12. The van der Waals surface area contributed by atoms with Crippen molar-refractivity contribution in [1.29, 1.82) is 0 Å². The number of hydrogen-bond donors (Lipinski definition) is 2. The number of pyridine rings is 1. The fourth-order valence-electron chi connectivity index (χ4n) is 7.04. The molecule has 6 heteroatoms. The van der Waals surface area contributed by atoms with E-state index in [1.165, 1.54) is 69.4 Å². The van der Waals surface area contributed by atoms with Crippen LogP contribution >= 0.6 is 11.3 Å². The van der Waals surface area contributed by atoms with Crippen molar-refractivity contribution >= 4 is 27.5 Å². The van der Waals surface area contributed by atoms with Crippen molar-refractivity contribution in [1.82, 2.24) is 20.2 Å². The molecule has 1 unspecified atom stereocenters. The van der Waals surface area contributed by atoms with Crippen molar-refractivity contribution in [3.63, 3.8) is 0 Å². The van der Waals surface area contributed by atoms with E-state index in [-0.39, 0.29) is 0 Å². The number of aryl methyl sites for hydroxylation is 2. The monoisotopic (exact) mass is 554 g/mol. The van der Waals surface area contributed by atoms with Crippen LogP contribution in [0.15, 0.2) is 48.8 Å². The van der Waals surface area contributed by atoms with Gasteiger partial charge < -0.3 is 15.2 Å². The smallest absolute Gasteiger partial charge is 0.233 e. The molecule has 0 radical (unpaired) electrons. The zero-order valence-electron chi connectivity index (χ0n) is 24.5. The molecule has 4 aromatic rings. The zero-order valence-corrected chi connectivity index (χ0v) is 25.3. The fourth-order valence-corrected chi connectivity index (χ4v) is 8.21. The zero-order chi connectivity index (χ0) is 28.0. The van der Waals surface area contributed by atoms with E-state index in [9.17, 15) is 4.79 Å². The van der Waals surface area contributed by atoms with Gasteiger partial charge in [-0.25, -0.2) is 0 Å². The molecule has 210 valence electrons. The number of fused-ring (bicyclic) bond motifs is 3. The summed E-state index contributed by atoms with van der Waals surface area (Å²) in [4.78, 5) is 26.4. The Balaban J connectivity index is 1.31. The van der Waals surface area contributed by atoms with Crippen LogP contribution in [0.2, 0.25) is 0 Å². The van der Waals surface area contributed by atoms with Gasteiger partial charge in [0.15, 0.2) is 0 Å². The van der Waals surface area contributed by atoms with Crippen molar-refractivity contribution in [2.45, 2.75) is 90.1 Å². The predicted molar refractivity (Wildman–Crippen MR) is 166 cm³/mol. The average Bonchev–Trinajstić information content (AvgIpc) is 3.70. The van der Waals surface area contributed by atoms with Gasteiger partial charge in [0.1, 0.15) is 4.83 Å². The molecular formula is C34H42N4OS. The van der Waals surface area contributed by atoms with E-state index in [1.807, 2.05) is 12.4 Å². The summed E-state index contributed by atoms with van der Waals surface area (Å²) in [6.07, 6.45) is 9.40. The highest BCUT2D eigenvalue weighted by Gasteiger charge is 2.47. The Kier molecular flexibility index (Phi) is 7.34. The number of benzene rings is 1. The summed E-state index contributed by atoms with van der Waals surface area (Å²) in [6, 6.07) is 14.2. The highest BCUT2D eigenvalue weighted by Crippen LogP contribution is 2.45. The van der Waals surface area contributed by atoms with E-state index >= 15 is 0 Å². The average molecular weight is 555 g/mol. The second-order valence-corrected chi connectivity index (χ2v) is 13.7. The van der Waals surface area contributed by atoms with Gasteiger partial charge >= 0.3 is 0 Å². The number of amides is 1. The van der Waals surface area contributed by atoms with Crippen molar-refractivity contribution in [3.05, 3.63) is 75.9 Å². The second-order valence-electron chi connectivity index (χ2n) is 12.7. The van der Waals surface area contributed by atoms with Crippen LogP contribution in [-0.2, 0) is 16.6 Å². The maximum atomic E-state index is 13.9. The van der Waals surface area contributed by atoms with Crippen LogP contribution in [-0.4, -0.2) is 45.9 Å². The molecule has 2 fully saturated rings. The van der Waals surface area contributed by atoms with Crippen LogP contribution in [0.1, 0.15) is 79.5 Å². The van der Waals surface area contributed by atoms with Gasteiger partial charge in [0.05, 0.1) is 11.1 Å². The van der Waals surface area contributed by atoms with Crippen LogP contribution in [0.3, 0.4) is 0 Å². The predicted octanol–water partition coefficient (Wildman–Crippen LogP) is 7.28. The Morgan fingerprint density at radius 1 is 1.07 bits per heavy atom. The number of aromatic nitrogens is 2. The number of thiophene rings is 1. The van der Waals surface area contributed by atoms with E-state index in [1.54, 1.807) is 11.3 Å². The first-order chi connectivity index (χ1) is 19.2. The van der Waals surface area contributed by atoms with E-state index in [2.05, 4.69) is 91.2 Å². The molecule has 2 bridgehead atoms. The van der Waals surface area contributed by atoms with Crippen molar-refractivity contribution < 1.29 is 4.79 Å². The quantitative estimate of drug-likeness (QED) is 0.214. The normalized spacial score (nSPS) is 19.6. The van der Waals surface area contributed by atoms with Gasteiger partial charge in [-0.1, -0.05) is 24.1 Å². The molecule has 6 rings (SSSR count). The van der Waals surface area contributed by atoms with Gasteiger partial charge in [-0.2, -0.15) is 0 Å². The van der Waals surface area contributed by atoms with Gasteiger partial charge in [0.2, 0.25) is 5.91 Å². The number of H-pyrrole nitrogens is 1. The lowest BCUT2D eigenvalue weighted by Gasteiger charge is -2.31. The minimum absolute atomic E-state index is 0.303. The Hall–Kier alpha value is -2.96. The number of nitrogens with one attached hydrogen (secondary N) is 2. The molecule has 5 heterocycles. The van der Waals surface area contributed by atoms with Crippen LogP contribution in [0.5, 0.6) is 0 Å². The third-order valence-corrected chi connectivity index (χ3v) is 10.5. The molecule has 1 atom stereocenters. The first-order valence-electron chi connectivity index (χ1n) is 14.9. The molecule has 1 amide bonds. The molecular weight excluding hydrogens is 512 g/mol. The lowest BCUT2D eigenvalue weighted by Crippen LogP contribution is -2.45. The van der Waals surface area contributed by atoms with E-state index in [0.717, 1.165) is 24.4 Å². The van der Waals surface area contributed by atoms with Crippen molar-refractivity contribution in [2.75, 3.05) is 13.1 Å². The summed E-state index contributed by atoms with van der Waals surface area (Å²) in [7, 11) is 0. The fraction of sp³-hybridized carbons (Fsp3) is 0.471. The number of nitrogens with zero attached hydrogens (tertiary/aromatic N) is 2. The summed E-state index contributed by atoms with van der Waals surface area (Å²) in [5, 5.41) is 4.97. The second kappa shape index (κ2) is 10.8. The first kappa shape index (κ1) is 27.2. The maximum Gasteiger partial charge on any atom is 0.233 e. The number of carbonyl (C=O) groups excluding carboxylic acids is 1. The molecule has 40 heavy (non-hydrogen) atoms. The van der Waals surface area contributed by atoms with E-state index in [4.69, 9.17) is 0 Å². The molecule has 3 aromatic heterocycles. The summed E-state index contributed by atoms with van der Waals surface area (Å²) >= 11 is 1.77. The SMILES string of the molecule is Cc1cc(C)cc(-c2[nH]c3sc(C(C)(C)C(=O)N4C5CCC4CC5)cc3c2C(C)CNCCc2ccncc2)c1. The number of carbonyl (C=O) groups is 1. The minimum atomic E-state index is -0.529. The van der Waals surface area contributed by atoms with Crippen LogP contribution in [0, 0.1) is 13.8 Å². The van der Waals surface area contributed by atoms with Gasteiger partial charge in [-0.3, -0.25) is 9.78 Å². The van der Waals surface area contributed by atoms with Crippen LogP contribution < -0.4 is 5.32 Å². The van der Waals surface area contributed by atoms with E-state index in [0.29, 0.717) is 23.9 Å². The molecule has 2 saturated heterocycles. The van der Waals surface area contributed by atoms with Gasteiger partial charge in [-0.05, 0) is 119 Å². The Morgan fingerprint density at radius 3 is 2.38 bits per heavy atom. The Labute approximate surface area is 242 Å². The molecule has 2 aliphatic rings. The Morgan fingerprint density at radius 2 is 1.73 bits per heavy atom. The topological polar surface area (TPSA) is 61.0 Å². The number of hydrogen-bond acceptors (Lipinski definition) is 4. The van der Waals surface area contributed by atoms with Gasteiger partial charge in [-0.15, -0.1) is 11.3 Å². The largest absolute Gasteiger partial charge is 0.346 e. The number of rotatable bonds is 9. The third kappa shape index (κ3) is 5.01. The maximum absolute atomic E-state index is 13.9. The Bertz CT molecular complexity index is 1480. The van der Waals surface area contributed by atoms with Gasteiger partial charge in [0, 0.05) is 41.3 Å². The molecule has 0 spiro atoms.